The molecule has 0 aliphatic carbocycles. The maximum atomic E-state index is 5.29. The third-order valence-electron chi connectivity index (χ3n) is 4.55. The zero-order valence-electron chi connectivity index (χ0n) is 13.1. The summed E-state index contributed by atoms with van der Waals surface area (Å²) in [5.41, 5.74) is 1.23. The molecule has 3 heteroatoms. The van der Waals surface area contributed by atoms with E-state index < -0.39 is 0 Å². The zero-order valence-corrected chi connectivity index (χ0v) is 13.1. The van der Waals surface area contributed by atoms with Crippen molar-refractivity contribution in [3.8, 4) is 5.75 Å². The normalized spacial score (nSPS) is 20.4. The van der Waals surface area contributed by atoms with Gasteiger partial charge in [0, 0.05) is 25.3 Å². The summed E-state index contributed by atoms with van der Waals surface area (Å²) in [7, 11) is 3.89. The molecule has 1 heterocycles. The van der Waals surface area contributed by atoms with Crippen LogP contribution in [-0.4, -0.2) is 33.8 Å². The summed E-state index contributed by atoms with van der Waals surface area (Å²) in [6.45, 7) is 5.90. The van der Waals surface area contributed by atoms with Crippen LogP contribution in [-0.2, 0) is 0 Å². The molecule has 1 aromatic carbocycles. The monoisotopic (exact) mass is 276 g/mol. The van der Waals surface area contributed by atoms with Gasteiger partial charge >= 0.3 is 0 Å². The molecular weight excluding hydrogens is 248 g/mol. The highest BCUT2D eigenvalue weighted by molar-refractivity contribution is 5.49. The van der Waals surface area contributed by atoms with Gasteiger partial charge in [-0.1, -0.05) is 13.0 Å². The lowest BCUT2D eigenvalue weighted by Gasteiger charge is -2.30. The number of benzene rings is 1. The minimum Gasteiger partial charge on any atom is -0.497 e. The molecule has 0 aromatic heterocycles. The number of hydrogen-bond donors (Lipinski definition) is 1. The molecular formula is C17H28N2O. The summed E-state index contributed by atoms with van der Waals surface area (Å²) >= 11 is 0. The van der Waals surface area contributed by atoms with Crippen molar-refractivity contribution in [3.05, 3.63) is 24.3 Å². The highest BCUT2D eigenvalue weighted by Crippen LogP contribution is 2.24. The molecule has 0 saturated carbocycles. The number of piperidine rings is 1. The van der Waals surface area contributed by atoms with Crippen LogP contribution in [0.25, 0.3) is 0 Å². The molecule has 20 heavy (non-hydrogen) atoms. The predicted octanol–water partition coefficient (Wildman–Crippen LogP) is 3.16. The Labute approximate surface area is 123 Å². The summed E-state index contributed by atoms with van der Waals surface area (Å²) in [5.74, 6) is 2.57. The van der Waals surface area contributed by atoms with Crippen LogP contribution in [0.4, 0.5) is 5.69 Å². The molecule has 2 rings (SSSR count). The van der Waals surface area contributed by atoms with E-state index in [-0.39, 0.29) is 0 Å². The number of anilines is 1. The van der Waals surface area contributed by atoms with Crippen molar-refractivity contribution < 1.29 is 4.74 Å². The van der Waals surface area contributed by atoms with Gasteiger partial charge in [0.2, 0.25) is 0 Å². The molecule has 0 amide bonds. The summed E-state index contributed by atoms with van der Waals surface area (Å²) in [4.78, 5) is 2.33. The molecule has 2 atom stereocenters. The van der Waals surface area contributed by atoms with E-state index in [0.29, 0.717) is 0 Å². The Balaban J connectivity index is 1.82. The predicted molar refractivity (Wildman–Crippen MR) is 85.6 cm³/mol. The maximum Gasteiger partial charge on any atom is 0.120 e. The van der Waals surface area contributed by atoms with Crippen molar-refractivity contribution in [1.82, 2.24) is 5.32 Å². The van der Waals surface area contributed by atoms with Crippen LogP contribution in [0.3, 0.4) is 0 Å². The lowest BCUT2D eigenvalue weighted by atomic mass is 9.85. The molecule has 1 aliphatic heterocycles. The first-order valence-corrected chi connectivity index (χ1v) is 7.76. The fourth-order valence-corrected chi connectivity index (χ4v) is 2.97. The molecule has 1 fully saturated rings. The fraction of sp³-hybridized carbons (Fsp3) is 0.647. The van der Waals surface area contributed by atoms with Crippen molar-refractivity contribution in [3.63, 3.8) is 0 Å². The number of hydrogen-bond acceptors (Lipinski definition) is 3. The van der Waals surface area contributed by atoms with E-state index in [4.69, 9.17) is 4.74 Å². The summed E-state index contributed by atoms with van der Waals surface area (Å²) in [6, 6.07) is 8.30. The first kappa shape index (κ1) is 15.2. The van der Waals surface area contributed by atoms with Crippen LogP contribution in [0.5, 0.6) is 5.75 Å². The highest BCUT2D eigenvalue weighted by atomic mass is 16.5. The molecule has 1 aromatic rings. The molecule has 1 N–H and O–H groups in total. The van der Waals surface area contributed by atoms with Gasteiger partial charge in [-0.05, 0) is 56.3 Å². The molecule has 0 bridgehead atoms. The molecule has 3 nitrogen and oxygen atoms in total. The highest BCUT2D eigenvalue weighted by Gasteiger charge is 2.19. The largest absolute Gasteiger partial charge is 0.497 e. The van der Waals surface area contributed by atoms with E-state index in [0.717, 1.165) is 24.1 Å². The van der Waals surface area contributed by atoms with Crippen molar-refractivity contribution >= 4 is 5.69 Å². The minimum atomic E-state index is 0.788. The zero-order chi connectivity index (χ0) is 14.4. The lowest BCUT2D eigenvalue weighted by molar-refractivity contribution is 0.270. The molecule has 112 valence electrons. The van der Waals surface area contributed by atoms with Crippen LogP contribution in [0.1, 0.15) is 26.2 Å². The first-order chi connectivity index (χ1) is 9.70. The Kier molecular flexibility index (Phi) is 5.72. The van der Waals surface area contributed by atoms with Crippen molar-refractivity contribution in [1.29, 1.82) is 0 Å². The number of ether oxygens (including phenoxy) is 1. The summed E-state index contributed by atoms with van der Waals surface area (Å²) < 4.78 is 5.29. The van der Waals surface area contributed by atoms with Crippen LogP contribution >= 0.6 is 0 Å². The van der Waals surface area contributed by atoms with Gasteiger partial charge in [0.05, 0.1) is 7.11 Å². The second-order valence-corrected chi connectivity index (χ2v) is 6.00. The summed E-state index contributed by atoms with van der Waals surface area (Å²) in [5, 5.41) is 3.52. The Bertz CT molecular complexity index is 402. The average molecular weight is 276 g/mol. The second-order valence-electron chi connectivity index (χ2n) is 6.00. The van der Waals surface area contributed by atoms with Crippen molar-refractivity contribution in [2.24, 2.45) is 11.8 Å². The first-order valence-electron chi connectivity index (χ1n) is 7.76. The average Bonchev–Trinajstić information content (AvgIpc) is 2.53. The van der Waals surface area contributed by atoms with E-state index >= 15 is 0 Å². The Morgan fingerprint density at radius 1 is 1.45 bits per heavy atom. The smallest absolute Gasteiger partial charge is 0.120 e. The second kappa shape index (κ2) is 7.53. The van der Waals surface area contributed by atoms with Crippen LogP contribution in [0.2, 0.25) is 0 Å². The van der Waals surface area contributed by atoms with Gasteiger partial charge in [0.25, 0.3) is 0 Å². The number of nitrogens with zero attached hydrogens (tertiary/aromatic N) is 1. The standard InChI is InChI=1S/C17H28N2O/c1-14(15-6-5-10-18-13-15)9-11-19(2)16-7-4-8-17(12-16)20-3/h4,7-8,12,14-15,18H,5-6,9-11,13H2,1-3H3. The Morgan fingerprint density at radius 3 is 3.00 bits per heavy atom. The van der Waals surface area contributed by atoms with E-state index in [2.05, 4.69) is 42.4 Å². The number of rotatable bonds is 6. The van der Waals surface area contributed by atoms with Gasteiger partial charge in [-0.25, -0.2) is 0 Å². The SMILES string of the molecule is COc1cccc(N(C)CCC(C)C2CCCNC2)c1. The van der Waals surface area contributed by atoms with Gasteiger partial charge in [0.15, 0.2) is 0 Å². The van der Waals surface area contributed by atoms with Crippen LogP contribution < -0.4 is 15.0 Å². The third-order valence-corrected chi connectivity index (χ3v) is 4.55. The van der Waals surface area contributed by atoms with E-state index in [9.17, 15) is 0 Å². The van der Waals surface area contributed by atoms with E-state index in [1.807, 2.05) is 6.07 Å². The maximum absolute atomic E-state index is 5.29. The topological polar surface area (TPSA) is 24.5 Å². The molecule has 0 radical (unpaired) electrons. The Morgan fingerprint density at radius 2 is 2.30 bits per heavy atom. The minimum absolute atomic E-state index is 0.788. The number of nitrogens with one attached hydrogen (secondary N) is 1. The molecule has 0 spiro atoms. The van der Waals surface area contributed by atoms with Gasteiger partial charge in [-0.2, -0.15) is 0 Å². The van der Waals surface area contributed by atoms with Crippen LogP contribution in [0, 0.1) is 11.8 Å². The van der Waals surface area contributed by atoms with Crippen molar-refractivity contribution in [2.75, 3.05) is 38.7 Å². The summed E-state index contributed by atoms with van der Waals surface area (Å²) in [6.07, 6.45) is 3.97. The van der Waals surface area contributed by atoms with Crippen LogP contribution in [0.15, 0.2) is 24.3 Å². The Hall–Kier alpha value is -1.22. The van der Waals surface area contributed by atoms with E-state index in [1.165, 1.54) is 38.0 Å². The van der Waals surface area contributed by atoms with E-state index in [1.54, 1.807) is 7.11 Å². The quantitative estimate of drug-likeness (QED) is 0.864. The van der Waals surface area contributed by atoms with Gasteiger partial charge in [-0.15, -0.1) is 0 Å². The molecule has 1 aliphatic rings. The molecule has 1 saturated heterocycles. The van der Waals surface area contributed by atoms with Crippen molar-refractivity contribution in [2.45, 2.75) is 26.2 Å². The van der Waals surface area contributed by atoms with Gasteiger partial charge in [-0.3, -0.25) is 0 Å². The third kappa shape index (κ3) is 4.14. The lowest BCUT2D eigenvalue weighted by Crippen LogP contribution is -2.34. The fourth-order valence-electron chi connectivity index (χ4n) is 2.97. The van der Waals surface area contributed by atoms with Gasteiger partial charge < -0.3 is 15.0 Å². The van der Waals surface area contributed by atoms with Gasteiger partial charge in [0.1, 0.15) is 5.75 Å². The number of methoxy groups -OCH3 is 1. The molecule has 2 unspecified atom stereocenters.